The van der Waals surface area contributed by atoms with Crippen molar-refractivity contribution in [1.29, 1.82) is 5.26 Å². The summed E-state index contributed by atoms with van der Waals surface area (Å²) < 4.78 is 37.4. The van der Waals surface area contributed by atoms with Crippen LogP contribution < -0.4 is 5.73 Å². The predicted octanol–water partition coefficient (Wildman–Crippen LogP) is 1.13. The molecule has 0 atom stereocenters. The number of nitrogens with zero attached hydrogens (tertiary/aromatic N) is 2. The third kappa shape index (κ3) is 2.04. The van der Waals surface area contributed by atoms with Gasteiger partial charge in [-0.15, -0.1) is 0 Å². The third-order valence-corrected chi connectivity index (χ3v) is 1.61. The normalized spacial score (nSPS) is 10.1. The van der Waals surface area contributed by atoms with Crippen LogP contribution in [0.2, 0.25) is 0 Å². The first-order valence-electron chi connectivity index (χ1n) is 3.66. The molecule has 0 bridgehead atoms. The number of nitriles is 1. The molecule has 0 fully saturated rings. The Kier molecular flexibility index (Phi) is 2.90. The van der Waals surface area contributed by atoms with E-state index in [0.717, 1.165) is 0 Å². The van der Waals surface area contributed by atoms with Crippen LogP contribution in [0.1, 0.15) is 28.0 Å². The highest BCUT2D eigenvalue weighted by atomic mass is 19.3. The number of carbonyl (C=O) groups excluding carboxylic acids is 1. The highest BCUT2D eigenvalue weighted by molar-refractivity contribution is 5.96. The van der Waals surface area contributed by atoms with Crippen molar-refractivity contribution < 1.29 is 18.0 Å². The van der Waals surface area contributed by atoms with Gasteiger partial charge in [-0.2, -0.15) is 9.65 Å². The standard InChI is InChI=1S/C8H4F3N3O/c9-5-1-3(7(10)11)6(8(13)15)4(2-12)14-5/h1,7H,(H2,13,15). The smallest absolute Gasteiger partial charge is 0.264 e. The number of aromatic nitrogens is 1. The molecule has 78 valence electrons. The number of rotatable bonds is 2. The molecule has 0 aliphatic heterocycles. The Bertz CT molecular complexity index is 453. The van der Waals surface area contributed by atoms with Crippen molar-refractivity contribution in [3.63, 3.8) is 0 Å². The molecule has 1 heterocycles. The topological polar surface area (TPSA) is 79.8 Å². The van der Waals surface area contributed by atoms with Gasteiger partial charge in [-0.25, -0.2) is 13.8 Å². The quantitative estimate of drug-likeness (QED) is 0.751. The summed E-state index contributed by atoms with van der Waals surface area (Å²) in [5, 5.41) is 8.47. The second-order valence-electron chi connectivity index (χ2n) is 2.53. The summed E-state index contributed by atoms with van der Waals surface area (Å²) in [4.78, 5) is 13.8. The second kappa shape index (κ2) is 3.96. The van der Waals surface area contributed by atoms with E-state index in [0.29, 0.717) is 6.07 Å². The van der Waals surface area contributed by atoms with Crippen molar-refractivity contribution >= 4 is 5.91 Å². The van der Waals surface area contributed by atoms with Crippen LogP contribution >= 0.6 is 0 Å². The van der Waals surface area contributed by atoms with Crippen molar-refractivity contribution in [2.75, 3.05) is 0 Å². The monoisotopic (exact) mass is 215 g/mol. The van der Waals surface area contributed by atoms with Gasteiger partial charge < -0.3 is 5.73 Å². The minimum absolute atomic E-state index is 0.381. The molecular formula is C8H4F3N3O. The highest BCUT2D eigenvalue weighted by Crippen LogP contribution is 2.24. The lowest BCUT2D eigenvalue weighted by atomic mass is 10.1. The van der Waals surface area contributed by atoms with Gasteiger partial charge in [0.05, 0.1) is 5.56 Å². The SMILES string of the molecule is N#Cc1nc(F)cc(C(F)F)c1C(N)=O. The molecule has 15 heavy (non-hydrogen) atoms. The molecule has 0 aliphatic carbocycles. The number of hydrogen-bond donors (Lipinski definition) is 1. The van der Waals surface area contributed by atoms with Gasteiger partial charge in [0.25, 0.3) is 12.3 Å². The number of nitrogens with two attached hydrogens (primary N) is 1. The minimum atomic E-state index is -3.10. The fraction of sp³-hybridized carbons (Fsp3) is 0.125. The van der Waals surface area contributed by atoms with Crippen LogP contribution in [0.4, 0.5) is 13.2 Å². The van der Waals surface area contributed by atoms with Gasteiger partial charge in [0, 0.05) is 11.6 Å². The third-order valence-electron chi connectivity index (χ3n) is 1.61. The van der Waals surface area contributed by atoms with Crippen molar-refractivity contribution in [1.82, 2.24) is 4.98 Å². The van der Waals surface area contributed by atoms with Crippen LogP contribution in [-0.2, 0) is 0 Å². The van der Waals surface area contributed by atoms with E-state index in [-0.39, 0.29) is 0 Å². The van der Waals surface area contributed by atoms with Gasteiger partial charge in [-0.05, 0) is 0 Å². The molecule has 1 aromatic rings. The first-order chi connectivity index (χ1) is 6.97. The number of carbonyl (C=O) groups is 1. The maximum absolute atomic E-state index is 12.7. The van der Waals surface area contributed by atoms with Gasteiger partial charge in [0.15, 0.2) is 5.69 Å². The molecule has 1 aromatic heterocycles. The maximum Gasteiger partial charge on any atom is 0.264 e. The van der Waals surface area contributed by atoms with E-state index in [4.69, 9.17) is 11.0 Å². The lowest BCUT2D eigenvalue weighted by Crippen LogP contribution is -2.17. The molecule has 1 amide bonds. The number of alkyl halides is 2. The van der Waals surface area contributed by atoms with E-state index in [1.165, 1.54) is 6.07 Å². The van der Waals surface area contributed by atoms with Gasteiger partial charge >= 0.3 is 0 Å². The number of pyridine rings is 1. The van der Waals surface area contributed by atoms with Crippen LogP contribution in [0.3, 0.4) is 0 Å². The molecule has 0 unspecified atom stereocenters. The number of halogens is 3. The van der Waals surface area contributed by atoms with E-state index in [9.17, 15) is 18.0 Å². The Morgan fingerprint density at radius 1 is 1.60 bits per heavy atom. The zero-order chi connectivity index (χ0) is 11.6. The van der Waals surface area contributed by atoms with E-state index < -0.39 is 35.1 Å². The largest absolute Gasteiger partial charge is 0.365 e. The average Bonchev–Trinajstić information content (AvgIpc) is 2.15. The van der Waals surface area contributed by atoms with E-state index in [2.05, 4.69) is 4.98 Å². The van der Waals surface area contributed by atoms with E-state index >= 15 is 0 Å². The molecule has 0 spiro atoms. The summed E-state index contributed by atoms with van der Waals surface area (Å²) in [5.74, 6) is -2.50. The molecule has 1 rings (SSSR count). The van der Waals surface area contributed by atoms with Gasteiger partial charge in [-0.1, -0.05) is 0 Å². The summed E-state index contributed by atoms with van der Waals surface area (Å²) in [6, 6.07) is 1.71. The Balaban J connectivity index is 3.56. The average molecular weight is 215 g/mol. The second-order valence-corrected chi connectivity index (χ2v) is 2.53. The zero-order valence-electron chi connectivity index (χ0n) is 7.17. The van der Waals surface area contributed by atoms with Crippen LogP contribution in [0.25, 0.3) is 0 Å². The van der Waals surface area contributed by atoms with Crippen LogP contribution in [-0.4, -0.2) is 10.9 Å². The Morgan fingerprint density at radius 2 is 2.20 bits per heavy atom. The number of hydrogen-bond acceptors (Lipinski definition) is 3. The van der Waals surface area contributed by atoms with Crippen molar-refractivity contribution in [2.45, 2.75) is 6.43 Å². The van der Waals surface area contributed by atoms with Crippen LogP contribution in [0.15, 0.2) is 6.07 Å². The Hall–Kier alpha value is -2.10. The molecule has 0 radical (unpaired) electrons. The lowest BCUT2D eigenvalue weighted by molar-refractivity contribution is 0.0985. The first-order valence-corrected chi connectivity index (χ1v) is 3.66. The van der Waals surface area contributed by atoms with Crippen LogP contribution in [0, 0.1) is 17.3 Å². The fourth-order valence-corrected chi connectivity index (χ4v) is 1.04. The van der Waals surface area contributed by atoms with Crippen LogP contribution in [0.5, 0.6) is 0 Å². The molecule has 0 saturated carbocycles. The van der Waals surface area contributed by atoms with E-state index in [1.807, 2.05) is 0 Å². The first kappa shape index (κ1) is 11.0. The summed E-state index contributed by atoms with van der Waals surface area (Å²) in [7, 11) is 0. The molecule has 7 heteroatoms. The van der Waals surface area contributed by atoms with Crippen molar-refractivity contribution in [3.8, 4) is 6.07 Å². The summed E-state index contributed by atoms with van der Waals surface area (Å²) >= 11 is 0. The summed E-state index contributed by atoms with van der Waals surface area (Å²) in [5.41, 5.74) is 2.39. The van der Waals surface area contributed by atoms with Gasteiger partial charge in [0.2, 0.25) is 5.95 Å². The molecular weight excluding hydrogens is 211 g/mol. The molecule has 4 nitrogen and oxygen atoms in total. The summed E-state index contributed by atoms with van der Waals surface area (Å²) in [6.45, 7) is 0. The summed E-state index contributed by atoms with van der Waals surface area (Å²) in [6.07, 6.45) is -3.10. The number of primary amides is 1. The predicted molar refractivity (Wildman–Crippen MR) is 42.4 cm³/mol. The van der Waals surface area contributed by atoms with Crippen molar-refractivity contribution in [3.05, 3.63) is 28.8 Å². The number of amides is 1. The van der Waals surface area contributed by atoms with E-state index in [1.54, 1.807) is 0 Å². The Labute approximate surface area is 82.1 Å². The lowest BCUT2D eigenvalue weighted by Gasteiger charge is -2.06. The van der Waals surface area contributed by atoms with Gasteiger partial charge in [0.1, 0.15) is 6.07 Å². The zero-order valence-corrected chi connectivity index (χ0v) is 7.17. The fourth-order valence-electron chi connectivity index (χ4n) is 1.04. The Morgan fingerprint density at radius 3 is 2.60 bits per heavy atom. The molecule has 2 N–H and O–H groups in total. The molecule has 0 aliphatic rings. The van der Waals surface area contributed by atoms with Crippen molar-refractivity contribution in [2.24, 2.45) is 5.73 Å². The molecule has 0 saturated heterocycles. The highest BCUT2D eigenvalue weighted by Gasteiger charge is 2.23. The maximum atomic E-state index is 12.7. The molecule has 0 aromatic carbocycles. The minimum Gasteiger partial charge on any atom is -0.365 e. The van der Waals surface area contributed by atoms with Gasteiger partial charge in [-0.3, -0.25) is 4.79 Å².